The molecule has 0 saturated carbocycles. The van der Waals surface area contributed by atoms with Crippen molar-refractivity contribution < 1.29 is 14.4 Å². The third-order valence-electron chi connectivity index (χ3n) is 6.13. The van der Waals surface area contributed by atoms with Gasteiger partial charge in [-0.15, -0.1) is 0 Å². The van der Waals surface area contributed by atoms with E-state index in [1.165, 1.54) is 6.42 Å². The van der Waals surface area contributed by atoms with Gasteiger partial charge in [0.15, 0.2) is 0 Å². The number of hydrogen-bond donors (Lipinski definition) is 0. The highest BCUT2D eigenvalue weighted by molar-refractivity contribution is 6.35. The Balaban J connectivity index is 1.34. The number of hydrogen-bond acceptors (Lipinski definition) is 3. The molecule has 162 valence electrons. The van der Waals surface area contributed by atoms with Crippen molar-refractivity contribution in [3.8, 4) is 0 Å². The van der Waals surface area contributed by atoms with Crippen LogP contribution in [0.4, 0.5) is 0 Å². The number of nitrogens with zero attached hydrogens (tertiary/aromatic N) is 3. The summed E-state index contributed by atoms with van der Waals surface area (Å²) in [5, 5.41) is 0. The Kier molecular flexibility index (Phi) is 6.35. The maximum atomic E-state index is 12.7. The van der Waals surface area contributed by atoms with E-state index in [-0.39, 0.29) is 5.91 Å². The Labute approximate surface area is 183 Å². The number of benzene rings is 2. The molecular weight excluding hydrogens is 390 g/mol. The summed E-state index contributed by atoms with van der Waals surface area (Å²) in [4.78, 5) is 43.0. The van der Waals surface area contributed by atoms with Crippen LogP contribution in [0.3, 0.4) is 0 Å². The number of piperidine rings is 1. The standard InChI is InChI=1S/C25H29N3O3/c1-19-6-5-13-26(16-19)23(29)22-11-9-21(10-12-22)18-28-15-14-27(24(30)25(28)31)17-20-7-3-2-4-8-20/h2-4,7-12,19H,5-6,13-18H2,1H3. The first-order valence-corrected chi connectivity index (χ1v) is 11.0. The molecule has 3 amide bonds. The van der Waals surface area contributed by atoms with Crippen LogP contribution in [0, 0.1) is 5.92 Å². The zero-order chi connectivity index (χ0) is 21.8. The van der Waals surface area contributed by atoms with E-state index in [1.54, 1.807) is 9.80 Å². The largest absolute Gasteiger partial charge is 0.338 e. The molecule has 0 bridgehead atoms. The Bertz CT molecular complexity index is 942. The number of rotatable bonds is 5. The first-order valence-electron chi connectivity index (χ1n) is 11.0. The molecule has 2 aromatic rings. The fourth-order valence-electron chi connectivity index (χ4n) is 4.35. The second-order valence-electron chi connectivity index (χ2n) is 8.63. The quantitative estimate of drug-likeness (QED) is 0.700. The van der Waals surface area contributed by atoms with Crippen LogP contribution in [0.25, 0.3) is 0 Å². The lowest BCUT2D eigenvalue weighted by atomic mass is 9.99. The minimum Gasteiger partial charge on any atom is -0.338 e. The number of carbonyl (C=O) groups is 3. The minimum absolute atomic E-state index is 0.0684. The SMILES string of the molecule is CC1CCCN(C(=O)c2ccc(CN3CCN(Cc4ccccc4)C(=O)C3=O)cc2)C1. The zero-order valence-corrected chi connectivity index (χ0v) is 18.0. The first-order chi connectivity index (χ1) is 15.0. The molecule has 2 saturated heterocycles. The van der Waals surface area contributed by atoms with Gasteiger partial charge in [0.05, 0.1) is 0 Å². The second-order valence-corrected chi connectivity index (χ2v) is 8.63. The third kappa shape index (κ3) is 4.95. The van der Waals surface area contributed by atoms with E-state index in [0.717, 1.165) is 30.6 Å². The van der Waals surface area contributed by atoms with Gasteiger partial charge >= 0.3 is 11.8 Å². The Morgan fingerprint density at radius 1 is 0.839 bits per heavy atom. The van der Waals surface area contributed by atoms with Gasteiger partial charge in [-0.25, -0.2) is 0 Å². The third-order valence-corrected chi connectivity index (χ3v) is 6.13. The summed E-state index contributed by atoms with van der Waals surface area (Å²) in [6.45, 7) is 5.65. The highest BCUT2D eigenvalue weighted by Gasteiger charge is 2.32. The van der Waals surface area contributed by atoms with Gasteiger partial charge in [-0.3, -0.25) is 14.4 Å². The van der Waals surface area contributed by atoms with E-state index >= 15 is 0 Å². The number of piperazine rings is 1. The van der Waals surface area contributed by atoms with Crippen LogP contribution in [-0.2, 0) is 22.7 Å². The van der Waals surface area contributed by atoms with Crippen molar-refractivity contribution >= 4 is 17.7 Å². The smallest absolute Gasteiger partial charge is 0.312 e. The highest BCUT2D eigenvalue weighted by Crippen LogP contribution is 2.19. The summed E-state index contributed by atoms with van der Waals surface area (Å²) in [5.41, 5.74) is 2.61. The summed E-state index contributed by atoms with van der Waals surface area (Å²) in [5.74, 6) is -0.314. The number of carbonyl (C=O) groups excluding carboxylic acids is 3. The summed E-state index contributed by atoms with van der Waals surface area (Å²) in [6.07, 6.45) is 2.23. The molecule has 0 aliphatic carbocycles. The van der Waals surface area contributed by atoms with Crippen molar-refractivity contribution in [1.82, 2.24) is 14.7 Å². The average molecular weight is 420 g/mol. The number of likely N-dealkylation sites (tertiary alicyclic amines) is 1. The molecule has 1 atom stereocenters. The minimum atomic E-state index is -0.468. The first kappa shape index (κ1) is 21.1. The van der Waals surface area contributed by atoms with E-state index in [4.69, 9.17) is 0 Å². The van der Waals surface area contributed by atoms with Crippen LogP contribution in [-0.4, -0.2) is 58.6 Å². The molecule has 4 rings (SSSR count). The van der Waals surface area contributed by atoms with Crippen LogP contribution in [0.1, 0.15) is 41.3 Å². The van der Waals surface area contributed by atoms with Gasteiger partial charge in [-0.2, -0.15) is 0 Å². The Morgan fingerprint density at radius 2 is 1.42 bits per heavy atom. The van der Waals surface area contributed by atoms with E-state index in [1.807, 2.05) is 59.5 Å². The Morgan fingerprint density at radius 3 is 2.00 bits per heavy atom. The lowest BCUT2D eigenvalue weighted by molar-refractivity contribution is -0.156. The van der Waals surface area contributed by atoms with Crippen molar-refractivity contribution in [2.45, 2.75) is 32.9 Å². The molecule has 0 radical (unpaired) electrons. The molecule has 0 aromatic heterocycles. The van der Waals surface area contributed by atoms with Crippen molar-refractivity contribution in [1.29, 1.82) is 0 Å². The van der Waals surface area contributed by atoms with Gasteiger partial charge in [-0.1, -0.05) is 49.4 Å². The van der Waals surface area contributed by atoms with Gasteiger partial charge in [0.25, 0.3) is 5.91 Å². The second kappa shape index (κ2) is 9.33. The molecule has 2 aliphatic heterocycles. The highest BCUT2D eigenvalue weighted by atomic mass is 16.2. The van der Waals surface area contributed by atoms with Crippen molar-refractivity contribution in [2.24, 2.45) is 5.92 Å². The predicted octanol–water partition coefficient (Wildman–Crippen LogP) is 2.93. The molecule has 31 heavy (non-hydrogen) atoms. The van der Waals surface area contributed by atoms with Crippen molar-refractivity contribution in [3.63, 3.8) is 0 Å². The van der Waals surface area contributed by atoms with E-state index < -0.39 is 11.8 Å². The number of amides is 3. The summed E-state index contributed by atoms with van der Waals surface area (Å²) < 4.78 is 0. The van der Waals surface area contributed by atoms with Crippen LogP contribution in [0.5, 0.6) is 0 Å². The van der Waals surface area contributed by atoms with Crippen molar-refractivity contribution in [3.05, 3.63) is 71.3 Å². The van der Waals surface area contributed by atoms with Crippen LogP contribution < -0.4 is 0 Å². The topological polar surface area (TPSA) is 60.9 Å². The monoisotopic (exact) mass is 419 g/mol. The van der Waals surface area contributed by atoms with Gasteiger partial charge < -0.3 is 14.7 Å². The van der Waals surface area contributed by atoms with E-state index in [9.17, 15) is 14.4 Å². The normalized spacial score (nSPS) is 19.6. The summed E-state index contributed by atoms with van der Waals surface area (Å²) in [7, 11) is 0. The van der Waals surface area contributed by atoms with Crippen LogP contribution in [0.15, 0.2) is 54.6 Å². The van der Waals surface area contributed by atoms with Gasteiger partial charge in [0, 0.05) is 44.8 Å². The van der Waals surface area contributed by atoms with Crippen LogP contribution in [0.2, 0.25) is 0 Å². The van der Waals surface area contributed by atoms with Crippen molar-refractivity contribution in [2.75, 3.05) is 26.2 Å². The molecule has 2 fully saturated rings. The molecule has 6 nitrogen and oxygen atoms in total. The molecule has 0 N–H and O–H groups in total. The summed E-state index contributed by atoms with van der Waals surface area (Å²) in [6, 6.07) is 17.1. The maximum absolute atomic E-state index is 12.7. The average Bonchev–Trinajstić information content (AvgIpc) is 2.79. The lowest BCUT2D eigenvalue weighted by Crippen LogP contribution is -2.53. The molecule has 2 aliphatic rings. The summed E-state index contributed by atoms with van der Waals surface area (Å²) >= 11 is 0. The van der Waals surface area contributed by atoms with Gasteiger partial charge in [0.2, 0.25) is 0 Å². The predicted molar refractivity (Wildman–Crippen MR) is 118 cm³/mol. The molecule has 2 aromatic carbocycles. The van der Waals surface area contributed by atoms with E-state index in [0.29, 0.717) is 37.7 Å². The Hall–Kier alpha value is -3.15. The molecule has 0 spiro atoms. The fraction of sp³-hybridized carbons (Fsp3) is 0.400. The fourth-order valence-corrected chi connectivity index (χ4v) is 4.35. The molecule has 2 heterocycles. The van der Waals surface area contributed by atoms with E-state index in [2.05, 4.69) is 6.92 Å². The molecular formula is C25H29N3O3. The lowest BCUT2D eigenvalue weighted by Gasteiger charge is -2.34. The molecule has 1 unspecified atom stereocenters. The van der Waals surface area contributed by atoms with Crippen LogP contribution >= 0.6 is 0 Å². The molecule has 6 heteroatoms. The zero-order valence-electron chi connectivity index (χ0n) is 18.0. The van der Waals surface area contributed by atoms with Gasteiger partial charge in [-0.05, 0) is 42.0 Å². The van der Waals surface area contributed by atoms with Gasteiger partial charge in [0.1, 0.15) is 0 Å². The maximum Gasteiger partial charge on any atom is 0.312 e.